The van der Waals surface area contributed by atoms with Gasteiger partial charge in [0.2, 0.25) is 0 Å². The molecule has 0 atom stereocenters. The number of anilines is 1. The number of carbonyl (C=O) groups excluding carboxylic acids is 1. The summed E-state index contributed by atoms with van der Waals surface area (Å²) in [7, 11) is 0. The number of hydrogen-bond acceptors (Lipinski definition) is 4. The van der Waals surface area contributed by atoms with Crippen molar-refractivity contribution in [3.05, 3.63) is 23.8 Å². The van der Waals surface area contributed by atoms with E-state index in [0.717, 1.165) is 6.42 Å². The van der Waals surface area contributed by atoms with Gasteiger partial charge in [-0.1, -0.05) is 13.8 Å². The molecule has 0 aliphatic rings. The van der Waals surface area contributed by atoms with Gasteiger partial charge < -0.3 is 15.2 Å². The predicted molar refractivity (Wildman–Crippen MR) is 71.8 cm³/mol. The summed E-state index contributed by atoms with van der Waals surface area (Å²) in [6.45, 7) is 6.97. The first-order chi connectivity index (χ1) is 8.54. The second-order valence-corrected chi connectivity index (χ2v) is 4.50. The molecule has 1 aromatic carbocycles. The molecule has 1 aromatic rings. The second kappa shape index (κ2) is 6.89. The molecule has 0 bridgehead atoms. The molecule has 0 amide bonds. The Morgan fingerprint density at radius 2 is 2.11 bits per heavy atom. The minimum atomic E-state index is -0.355. The van der Waals surface area contributed by atoms with Gasteiger partial charge in [0.1, 0.15) is 5.75 Å². The first kappa shape index (κ1) is 14.4. The van der Waals surface area contributed by atoms with Gasteiger partial charge in [-0.25, -0.2) is 4.79 Å². The average Bonchev–Trinajstić information content (AvgIpc) is 2.31. The molecule has 100 valence electrons. The molecule has 0 aliphatic heterocycles. The zero-order valence-electron chi connectivity index (χ0n) is 11.2. The van der Waals surface area contributed by atoms with Crippen molar-refractivity contribution in [1.82, 2.24) is 0 Å². The fourth-order valence-corrected chi connectivity index (χ4v) is 1.41. The second-order valence-electron chi connectivity index (χ2n) is 4.50. The van der Waals surface area contributed by atoms with E-state index in [1.165, 1.54) is 0 Å². The topological polar surface area (TPSA) is 61.5 Å². The summed E-state index contributed by atoms with van der Waals surface area (Å²) in [5.41, 5.74) is 6.80. The lowest BCUT2D eigenvalue weighted by atomic mass is 10.1. The zero-order valence-corrected chi connectivity index (χ0v) is 11.2. The van der Waals surface area contributed by atoms with Crippen molar-refractivity contribution >= 4 is 11.7 Å². The first-order valence-corrected chi connectivity index (χ1v) is 6.24. The zero-order chi connectivity index (χ0) is 13.5. The van der Waals surface area contributed by atoms with Crippen LogP contribution >= 0.6 is 0 Å². The van der Waals surface area contributed by atoms with Crippen molar-refractivity contribution in [1.29, 1.82) is 0 Å². The van der Waals surface area contributed by atoms with E-state index in [1.807, 2.05) is 0 Å². The van der Waals surface area contributed by atoms with Crippen LogP contribution < -0.4 is 10.5 Å². The number of nitrogen functional groups attached to an aromatic ring is 1. The van der Waals surface area contributed by atoms with Crippen molar-refractivity contribution in [2.75, 3.05) is 18.9 Å². The van der Waals surface area contributed by atoms with Crippen LogP contribution in [0.5, 0.6) is 5.75 Å². The van der Waals surface area contributed by atoms with Crippen LogP contribution in [0.1, 0.15) is 37.6 Å². The summed E-state index contributed by atoms with van der Waals surface area (Å²) in [5, 5.41) is 0. The van der Waals surface area contributed by atoms with Crippen molar-refractivity contribution in [2.24, 2.45) is 5.92 Å². The van der Waals surface area contributed by atoms with Crippen molar-refractivity contribution in [3.63, 3.8) is 0 Å². The van der Waals surface area contributed by atoms with Gasteiger partial charge in [-0.2, -0.15) is 0 Å². The SMILES string of the molecule is CCOC(=O)c1ccc(N)c(OCCC(C)C)c1. The maximum Gasteiger partial charge on any atom is 0.338 e. The fourth-order valence-electron chi connectivity index (χ4n) is 1.41. The Morgan fingerprint density at radius 1 is 1.39 bits per heavy atom. The number of hydrogen-bond donors (Lipinski definition) is 1. The third-order valence-electron chi connectivity index (χ3n) is 2.48. The Balaban J connectivity index is 2.71. The van der Waals surface area contributed by atoms with Crippen LogP contribution in [0, 0.1) is 5.92 Å². The van der Waals surface area contributed by atoms with Gasteiger partial charge in [0.05, 0.1) is 24.5 Å². The third kappa shape index (κ3) is 4.28. The van der Waals surface area contributed by atoms with E-state index in [-0.39, 0.29) is 5.97 Å². The summed E-state index contributed by atoms with van der Waals surface area (Å²) in [4.78, 5) is 11.6. The highest BCUT2D eigenvalue weighted by molar-refractivity contribution is 5.90. The Morgan fingerprint density at radius 3 is 2.72 bits per heavy atom. The minimum Gasteiger partial charge on any atom is -0.491 e. The Bertz CT molecular complexity index is 402. The van der Waals surface area contributed by atoms with Gasteiger partial charge in [0, 0.05) is 0 Å². The van der Waals surface area contributed by atoms with E-state index in [9.17, 15) is 4.79 Å². The van der Waals surface area contributed by atoms with Gasteiger partial charge in [-0.3, -0.25) is 0 Å². The molecule has 0 aliphatic carbocycles. The number of ether oxygens (including phenoxy) is 2. The number of nitrogens with two attached hydrogens (primary N) is 1. The Kier molecular flexibility index (Phi) is 5.49. The molecular weight excluding hydrogens is 230 g/mol. The molecule has 18 heavy (non-hydrogen) atoms. The maximum atomic E-state index is 11.6. The van der Waals surface area contributed by atoms with E-state index in [4.69, 9.17) is 15.2 Å². The number of benzene rings is 1. The molecule has 0 unspecified atom stereocenters. The summed E-state index contributed by atoms with van der Waals surface area (Å²) in [6.07, 6.45) is 0.947. The molecular formula is C14H21NO3. The third-order valence-corrected chi connectivity index (χ3v) is 2.48. The predicted octanol–water partition coefficient (Wildman–Crippen LogP) is 2.87. The van der Waals surface area contributed by atoms with E-state index >= 15 is 0 Å². The fraction of sp³-hybridized carbons (Fsp3) is 0.500. The van der Waals surface area contributed by atoms with Crippen LogP contribution in [0.3, 0.4) is 0 Å². The van der Waals surface area contributed by atoms with Crippen LogP contribution in [0.15, 0.2) is 18.2 Å². The van der Waals surface area contributed by atoms with E-state index in [2.05, 4.69) is 13.8 Å². The molecule has 0 fully saturated rings. The normalized spacial score (nSPS) is 10.4. The van der Waals surface area contributed by atoms with Crippen LogP contribution in [0.2, 0.25) is 0 Å². The monoisotopic (exact) mass is 251 g/mol. The molecule has 0 saturated heterocycles. The highest BCUT2D eigenvalue weighted by atomic mass is 16.5. The summed E-state index contributed by atoms with van der Waals surface area (Å²) < 4.78 is 10.5. The summed E-state index contributed by atoms with van der Waals surface area (Å²) in [6, 6.07) is 4.94. The van der Waals surface area contributed by atoms with Gasteiger partial charge >= 0.3 is 5.97 Å². The average molecular weight is 251 g/mol. The highest BCUT2D eigenvalue weighted by Gasteiger charge is 2.10. The van der Waals surface area contributed by atoms with Crippen molar-refractivity contribution in [3.8, 4) is 5.75 Å². The van der Waals surface area contributed by atoms with E-state index < -0.39 is 0 Å². The van der Waals surface area contributed by atoms with Crippen LogP contribution in [0.25, 0.3) is 0 Å². The molecule has 0 spiro atoms. The summed E-state index contributed by atoms with van der Waals surface area (Å²) in [5.74, 6) is 0.756. The van der Waals surface area contributed by atoms with Crippen molar-refractivity contribution in [2.45, 2.75) is 27.2 Å². The quantitative estimate of drug-likeness (QED) is 0.623. The van der Waals surface area contributed by atoms with E-state index in [1.54, 1.807) is 25.1 Å². The number of carbonyl (C=O) groups is 1. The lowest BCUT2D eigenvalue weighted by Gasteiger charge is -2.11. The Hall–Kier alpha value is -1.71. The molecule has 0 saturated carbocycles. The molecule has 0 heterocycles. The van der Waals surface area contributed by atoms with Gasteiger partial charge in [-0.05, 0) is 37.5 Å². The molecule has 0 aromatic heterocycles. The molecule has 4 heteroatoms. The van der Waals surface area contributed by atoms with Crippen LogP contribution in [-0.4, -0.2) is 19.2 Å². The lowest BCUT2D eigenvalue weighted by molar-refractivity contribution is 0.0526. The highest BCUT2D eigenvalue weighted by Crippen LogP contribution is 2.23. The molecule has 2 N–H and O–H groups in total. The van der Waals surface area contributed by atoms with Gasteiger partial charge in [0.25, 0.3) is 0 Å². The van der Waals surface area contributed by atoms with Gasteiger partial charge in [0.15, 0.2) is 0 Å². The molecule has 1 rings (SSSR count). The molecule has 0 radical (unpaired) electrons. The van der Waals surface area contributed by atoms with Gasteiger partial charge in [-0.15, -0.1) is 0 Å². The van der Waals surface area contributed by atoms with E-state index in [0.29, 0.717) is 36.1 Å². The minimum absolute atomic E-state index is 0.354. The first-order valence-electron chi connectivity index (χ1n) is 6.24. The van der Waals surface area contributed by atoms with Crippen molar-refractivity contribution < 1.29 is 14.3 Å². The smallest absolute Gasteiger partial charge is 0.338 e. The maximum absolute atomic E-state index is 11.6. The van der Waals surface area contributed by atoms with Crippen LogP contribution in [-0.2, 0) is 4.74 Å². The summed E-state index contributed by atoms with van der Waals surface area (Å²) >= 11 is 0. The van der Waals surface area contributed by atoms with Crippen LogP contribution in [0.4, 0.5) is 5.69 Å². The number of rotatable bonds is 6. The molecule has 4 nitrogen and oxygen atoms in total. The largest absolute Gasteiger partial charge is 0.491 e. The Labute approximate surface area is 108 Å². The standard InChI is InChI=1S/C14H21NO3/c1-4-17-14(16)11-5-6-12(15)13(9-11)18-8-7-10(2)3/h5-6,9-10H,4,7-8,15H2,1-3H3. The lowest BCUT2D eigenvalue weighted by Crippen LogP contribution is -2.07. The number of esters is 1.